The number of nitrogens with two attached hydrogens (primary N) is 1. The van der Waals surface area contributed by atoms with Gasteiger partial charge >= 0.3 is 0 Å². The third kappa shape index (κ3) is 5.31. The molecule has 2 amide bonds. The van der Waals surface area contributed by atoms with E-state index in [9.17, 15) is 9.59 Å². The Hall–Kier alpha value is -2.47. The van der Waals surface area contributed by atoms with E-state index in [0.29, 0.717) is 11.4 Å². The Balaban J connectivity index is 1.96. The van der Waals surface area contributed by atoms with Crippen molar-refractivity contribution in [2.45, 2.75) is 18.2 Å². The zero-order valence-corrected chi connectivity index (χ0v) is 14.3. The molecule has 0 unspecified atom stereocenters. The number of hydrogen-bond donors (Lipinski definition) is 2. The number of thioether (sulfide) groups is 1. The summed E-state index contributed by atoms with van der Waals surface area (Å²) in [6, 6.07) is 14.9. The highest BCUT2D eigenvalue weighted by Gasteiger charge is 2.10. The summed E-state index contributed by atoms with van der Waals surface area (Å²) in [5, 5.41) is 2.81. The molecule has 0 fully saturated rings. The molecule has 126 valence electrons. The summed E-state index contributed by atoms with van der Waals surface area (Å²) in [6.45, 7) is 1.96. The number of carbonyl (C=O) groups is 2. The largest absolute Gasteiger partial charge is 0.483 e. The lowest BCUT2D eigenvalue weighted by Gasteiger charge is -2.12. The molecule has 0 spiro atoms. The minimum atomic E-state index is -0.402. The summed E-state index contributed by atoms with van der Waals surface area (Å²) in [6.07, 6.45) is 0.838. The van der Waals surface area contributed by atoms with Gasteiger partial charge in [0.15, 0.2) is 6.61 Å². The molecule has 0 heterocycles. The van der Waals surface area contributed by atoms with Crippen LogP contribution in [0.5, 0.6) is 5.75 Å². The van der Waals surface area contributed by atoms with Gasteiger partial charge in [-0.15, -0.1) is 11.8 Å². The molecular formula is C18H20N2O3S. The van der Waals surface area contributed by atoms with E-state index in [4.69, 9.17) is 10.5 Å². The van der Waals surface area contributed by atoms with Gasteiger partial charge in [-0.2, -0.15) is 0 Å². The van der Waals surface area contributed by atoms with Gasteiger partial charge in [-0.1, -0.05) is 37.3 Å². The van der Waals surface area contributed by atoms with Crippen LogP contribution in [0.15, 0.2) is 53.4 Å². The van der Waals surface area contributed by atoms with Crippen LogP contribution in [0.2, 0.25) is 0 Å². The zero-order chi connectivity index (χ0) is 17.4. The van der Waals surface area contributed by atoms with Crippen LogP contribution in [-0.2, 0) is 16.0 Å². The smallest absolute Gasteiger partial charge is 0.262 e. The number of rotatable bonds is 8. The van der Waals surface area contributed by atoms with Crippen LogP contribution in [0, 0.1) is 0 Å². The lowest BCUT2D eigenvalue weighted by Crippen LogP contribution is -2.21. The van der Waals surface area contributed by atoms with Crippen LogP contribution >= 0.6 is 11.8 Å². The van der Waals surface area contributed by atoms with Gasteiger partial charge in [0.2, 0.25) is 5.91 Å². The van der Waals surface area contributed by atoms with Crippen LogP contribution in [0.25, 0.3) is 0 Å². The first-order valence-electron chi connectivity index (χ1n) is 7.60. The van der Waals surface area contributed by atoms with Crippen LogP contribution in [-0.4, -0.2) is 24.2 Å². The number of para-hydroxylation sites is 2. The van der Waals surface area contributed by atoms with E-state index in [1.54, 1.807) is 6.07 Å². The second-order valence-electron chi connectivity index (χ2n) is 5.05. The summed E-state index contributed by atoms with van der Waals surface area (Å²) < 4.78 is 5.61. The molecule has 0 aliphatic carbocycles. The van der Waals surface area contributed by atoms with Gasteiger partial charge in [0.05, 0.1) is 11.4 Å². The van der Waals surface area contributed by atoms with Gasteiger partial charge < -0.3 is 15.8 Å². The maximum atomic E-state index is 12.1. The quantitative estimate of drug-likeness (QED) is 0.722. The average molecular weight is 344 g/mol. The highest BCUT2D eigenvalue weighted by Crippen LogP contribution is 2.26. The fraction of sp³-hybridized carbons (Fsp3) is 0.222. The van der Waals surface area contributed by atoms with Crippen molar-refractivity contribution in [3.05, 3.63) is 54.1 Å². The molecule has 2 aromatic rings. The highest BCUT2D eigenvalue weighted by atomic mass is 32.2. The van der Waals surface area contributed by atoms with Crippen LogP contribution < -0.4 is 15.8 Å². The average Bonchev–Trinajstić information content (AvgIpc) is 2.59. The summed E-state index contributed by atoms with van der Waals surface area (Å²) in [7, 11) is 0. The number of hydrogen-bond acceptors (Lipinski definition) is 4. The Labute approximate surface area is 145 Å². The van der Waals surface area contributed by atoms with Gasteiger partial charge in [-0.05, 0) is 30.2 Å². The molecule has 0 radical (unpaired) electrons. The molecule has 0 aromatic heterocycles. The molecule has 0 saturated carbocycles. The summed E-state index contributed by atoms with van der Waals surface area (Å²) in [5.41, 5.74) is 6.86. The Morgan fingerprint density at radius 1 is 1.12 bits per heavy atom. The predicted octanol–water partition coefficient (Wildman–Crippen LogP) is 2.84. The van der Waals surface area contributed by atoms with Crippen LogP contribution in [0.3, 0.4) is 0 Å². The summed E-state index contributed by atoms with van der Waals surface area (Å²) in [4.78, 5) is 23.8. The summed E-state index contributed by atoms with van der Waals surface area (Å²) in [5.74, 6) is 0.216. The Morgan fingerprint density at radius 2 is 1.83 bits per heavy atom. The van der Waals surface area contributed by atoms with E-state index >= 15 is 0 Å². The first-order valence-corrected chi connectivity index (χ1v) is 8.59. The minimum Gasteiger partial charge on any atom is -0.483 e. The van der Waals surface area contributed by atoms with E-state index in [1.807, 2.05) is 49.4 Å². The molecule has 2 rings (SSSR count). The van der Waals surface area contributed by atoms with Crippen molar-refractivity contribution in [2.75, 3.05) is 17.7 Å². The number of anilines is 1. The van der Waals surface area contributed by atoms with E-state index < -0.39 is 5.91 Å². The molecular weight excluding hydrogens is 324 g/mol. The molecule has 5 nitrogen and oxygen atoms in total. The van der Waals surface area contributed by atoms with Crippen molar-refractivity contribution in [3.8, 4) is 5.75 Å². The predicted molar refractivity (Wildman–Crippen MR) is 96.3 cm³/mol. The third-order valence-corrected chi connectivity index (χ3v) is 4.34. The molecule has 0 atom stereocenters. The second kappa shape index (κ2) is 8.98. The van der Waals surface area contributed by atoms with Crippen molar-refractivity contribution in [1.29, 1.82) is 0 Å². The number of amides is 2. The minimum absolute atomic E-state index is 0.0775. The fourth-order valence-corrected chi connectivity index (χ4v) is 2.86. The number of benzene rings is 2. The Bertz CT molecular complexity index is 719. The molecule has 2 aromatic carbocycles. The molecule has 0 bridgehead atoms. The van der Waals surface area contributed by atoms with Crippen LogP contribution in [0.1, 0.15) is 12.5 Å². The molecule has 0 aliphatic rings. The number of primary amides is 1. The first-order chi connectivity index (χ1) is 11.6. The van der Waals surface area contributed by atoms with E-state index in [2.05, 4.69) is 5.32 Å². The Morgan fingerprint density at radius 3 is 2.58 bits per heavy atom. The number of carbonyl (C=O) groups excluding carboxylic acids is 2. The maximum absolute atomic E-state index is 12.1. The van der Waals surface area contributed by atoms with Gasteiger partial charge in [-0.25, -0.2) is 0 Å². The normalized spacial score (nSPS) is 10.2. The zero-order valence-electron chi connectivity index (χ0n) is 13.5. The van der Waals surface area contributed by atoms with Crippen LogP contribution in [0.4, 0.5) is 5.69 Å². The topological polar surface area (TPSA) is 81.4 Å². The van der Waals surface area contributed by atoms with Crippen molar-refractivity contribution in [3.63, 3.8) is 0 Å². The highest BCUT2D eigenvalue weighted by molar-refractivity contribution is 8.00. The SMILES string of the molecule is CCc1ccccc1OCC(=O)Nc1ccccc1SCC(N)=O. The van der Waals surface area contributed by atoms with Gasteiger partial charge in [0.1, 0.15) is 5.75 Å². The fourth-order valence-electron chi connectivity index (χ4n) is 2.11. The standard InChI is InChI=1S/C18H20N2O3S/c1-2-13-7-3-5-9-15(13)23-11-18(22)20-14-8-4-6-10-16(14)24-12-17(19)21/h3-10H,2,11-12H2,1H3,(H2,19,21)(H,20,22). The lowest BCUT2D eigenvalue weighted by atomic mass is 10.1. The lowest BCUT2D eigenvalue weighted by molar-refractivity contribution is -0.118. The van der Waals surface area contributed by atoms with E-state index in [-0.39, 0.29) is 18.3 Å². The third-order valence-electron chi connectivity index (χ3n) is 3.24. The van der Waals surface area contributed by atoms with Crippen molar-refractivity contribution < 1.29 is 14.3 Å². The van der Waals surface area contributed by atoms with Crippen molar-refractivity contribution in [1.82, 2.24) is 0 Å². The molecule has 3 N–H and O–H groups in total. The van der Waals surface area contributed by atoms with Crippen molar-refractivity contribution in [2.24, 2.45) is 5.73 Å². The monoisotopic (exact) mass is 344 g/mol. The number of aryl methyl sites for hydroxylation is 1. The molecule has 0 saturated heterocycles. The number of nitrogens with one attached hydrogen (secondary N) is 1. The molecule has 6 heteroatoms. The maximum Gasteiger partial charge on any atom is 0.262 e. The number of ether oxygens (including phenoxy) is 1. The van der Waals surface area contributed by atoms with Crippen molar-refractivity contribution >= 4 is 29.3 Å². The van der Waals surface area contributed by atoms with Gasteiger partial charge in [0.25, 0.3) is 5.91 Å². The van der Waals surface area contributed by atoms with Gasteiger partial charge in [0, 0.05) is 4.90 Å². The van der Waals surface area contributed by atoms with Gasteiger partial charge in [-0.3, -0.25) is 9.59 Å². The van der Waals surface area contributed by atoms with E-state index in [0.717, 1.165) is 16.9 Å². The second-order valence-corrected chi connectivity index (χ2v) is 6.07. The summed E-state index contributed by atoms with van der Waals surface area (Å²) >= 11 is 1.29. The Kier molecular flexibility index (Phi) is 6.69. The first kappa shape index (κ1) is 17.9. The molecule has 0 aliphatic heterocycles. The molecule has 24 heavy (non-hydrogen) atoms. The van der Waals surface area contributed by atoms with E-state index in [1.165, 1.54) is 11.8 Å².